The van der Waals surface area contributed by atoms with Gasteiger partial charge in [0.1, 0.15) is 5.00 Å². The van der Waals surface area contributed by atoms with Crippen molar-refractivity contribution < 1.29 is 9.59 Å². The normalized spacial score (nSPS) is 13.5. The van der Waals surface area contributed by atoms with Gasteiger partial charge in [-0.15, -0.1) is 35.5 Å². The number of thioether (sulfide) groups is 1. The zero-order valence-corrected chi connectivity index (χ0v) is 18.7. The Labute approximate surface area is 184 Å². The summed E-state index contributed by atoms with van der Waals surface area (Å²) >= 11 is 8.77. The summed E-state index contributed by atoms with van der Waals surface area (Å²) < 4.78 is 0. The van der Waals surface area contributed by atoms with Gasteiger partial charge in [-0.1, -0.05) is 18.5 Å². The maximum absolute atomic E-state index is 12.4. The van der Waals surface area contributed by atoms with Crippen molar-refractivity contribution in [3.8, 4) is 0 Å². The third-order valence-corrected chi connectivity index (χ3v) is 6.75. The summed E-state index contributed by atoms with van der Waals surface area (Å²) in [4.78, 5) is 28.9. The van der Waals surface area contributed by atoms with Crippen LogP contribution in [0.3, 0.4) is 0 Å². The molecule has 1 aliphatic heterocycles. The van der Waals surface area contributed by atoms with Gasteiger partial charge in [0.25, 0.3) is 5.91 Å². The number of halogens is 2. The Bertz CT molecular complexity index is 840. The molecule has 152 valence electrons. The molecule has 0 unspecified atom stereocenters. The minimum Gasteiger partial charge on any atom is -0.365 e. The van der Waals surface area contributed by atoms with Crippen LogP contribution in [0.15, 0.2) is 29.2 Å². The van der Waals surface area contributed by atoms with Gasteiger partial charge in [0, 0.05) is 27.9 Å². The Morgan fingerprint density at radius 3 is 2.68 bits per heavy atom. The van der Waals surface area contributed by atoms with Gasteiger partial charge in [-0.2, -0.15) is 0 Å². The van der Waals surface area contributed by atoms with Crippen molar-refractivity contribution in [2.45, 2.75) is 31.2 Å². The van der Waals surface area contributed by atoms with E-state index < -0.39 is 5.91 Å². The number of primary amides is 1. The minimum atomic E-state index is -0.475. The van der Waals surface area contributed by atoms with E-state index in [0.29, 0.717) is 15.6 Å². The van der Waals surface area contributed by atoms with Crippen molar-refractivity contribution in [3.63, 3.8) is 0 Å². The SMILES string of the molecule is CCCN1CCc2c(sc(NC(=O)CSc3ccc(Cl)cc3)c2C(N)=O)C1.Cl. The van der Waals surface area contributed by atoms with Crippen LogP contribution in [0.25, 0.3) is 0 Å². The Balaban J connectivity index is 0.00000280. The molecule has 0 bridgehead atoms. The number of carbonyl (C=O) groups excluding carboxylic acids is 2. The zero-order valence-electron chi connectivity index (χ0n) is 15.5. The number of nitrogens with one attached hydrogen (secondary N) is 1. The molecule has 2 heterocycles. The molecule has 3 N–H and O–H groups in total. The molecular formula is C19H23Cl2N3O2S2. The molecule has 0 radical (unpaired) electrons. The second-order valence-electron chi connectivity index (χ2n) is 6.39. The molecule has 2 amide bonds. The van der Waals surface area contributed by atoms with Crippen LogP contribution in [-0.2, 0) is 17.8 Å². The lowest BCUT2D eigenvalue weighted by Gasteiger charge is -2.26. The lowest BCUT2D eigenvalue weighted by molar-refractivity contribution is -0.113. The van der Waals surface area contributed by atoms with E-state index in [1.807, 2.05) is 12.1 Å². The van der Waals surface area contributed by atoms with Crippen LogP contribution in [0.2, 0.25) is 5.02 Å². The Morgan fingerprint density at radius 2 is 2.04 bits per heavy atom. The third kappa shape index (κ3) is 5.64. The lowest BCUT2D eigenvalue weighted by Crippen LogP contribution is -2.31. The van der Waals surface area contributed by atoms with Crippen LogP contribution >= 0.6 is 47.1 Å². The standard InChI is InChI=1S/C19H22ClN3O2S2.ClH/c1-2-8-23-9-7-14-15(10-23)27-19(17(14)18(21)25)22-16(24)11-26-13-5-3-12(20)4-6-13;/h3-6H,2,7-11H2,1H3,(H2,21,25)(H,22,24);1H. The number of nitrogens with zero attached hydrogens (tertiary/aromatic N) is 1. The van der Waals surface area contributed by atoms with E-state index in [-0.39, 0.29) is 24.1 Å². The molecule has 0 saturated heterocycles. The Hall–Kier alpha value is -1.25. The number of amides is 2. The van der Waals surface area contributed by atoms with Gasteiger partial charge in [0.2, 0.25) is 5.91 Å². The smallest absolute Gasteiger partial charge is 0.251 e. The first-order chi connectivity index (χ1) is 13.0. The zero-order chi connectivity index (χ0) is 19.4. The molecule has 0 aliphatic carbocycles. The summed E-state index contributed by atoms with van der Waals surface area (Å²) in [6.45, 7) is 4.91. The highest BCUT2D eigenvalue weighted by atomic mass is 35.5. The van der Waals surface area contributed by atoms with E-state index in [0.717, 1.165) is 47.8 Å². The number of rotatable bonds is 7. The third-order valence-electron chi connectivity index (χ3n) is 4.36. The van der Waals surface area contributed by atoms with Gasteiger partial charge in [0.15, 0.2) is 0 Å². The number of benzene rings is 1. The van der Waals surface area contributed by atoms with Crippen LogP contribution in [-0.4, -0.2) is 35.6 Å². The van der Waals surface area contributed by atoms with Gasteiger partial charge < -0.3 is 11.1 Å². The van der Waals surface area contributed by atoms with E-state index >= 15 is 0 Å². The fourth-order valence-electron chi connectivity index (χ4n) is 3.15. The molecular weight excluding hydrogens is 437 g/mol. The number of hydrogen-bond acceptors (Lipinski definition) is 5. The van der Waals surface area contributed by atoms with E-state index in [9.17, 15) is 9.59 Å². The number of nitrogens with two attached hydrogens (primary N) is 1. The van der Waals surface area contributed by atoms with Crippen molar-refractivity contribution in [2.75, 3.05) is 24.2 Å². The highest BCUT2D eigenvalue weighted by molar-refractivity contribution is 8.00. The lowest BCUT2D eigenvalue weighted by atomic mass is 10.0. The number of thiophene rings is 1. The molecule has 0 fully saturated rings. The average molecular weight is 460 g/mol. The minimum absolute atomic E-state index is 0. The predicted molar refractivity (Wildman–Crippen MR) is 120 cm³/mol. The van der Waals surface area contributed by atoms with E-state index in [2.05, 4.69) is 17.1 Å². The van der Waals surface area contributed by atoms with Crippen molar-refractivity contribution in [1.29, 1.82) is 0 Å². The van der Waals surface area contributed by atoms with Crippen LogP contribution in [0, 0.1) is 0 Å². The number of hydrogen-bond donors (Lipinski definition) is 2. The molecule has 28 heavy (non-hydrogen) atoms. The molecule has 3 rings (SSSR count). The topological polar surface area (TPSA) is 75.4 Å². The van der Waals surface area contributed by atoms with Gasteiger partial charge in [-0.25, -0.2) is 0 Å². The summed E-state index contributed by atoms with van der Waals surface area (Å²) in [5, 5.41) is 4.13. The van der Waals surface area contributed by atoms with E-state index in [1.54, 1.807) is 12.1 Å². The van der Waals surface area contributed by atoms with E-state index in [4.69, 9.17) is 17.3 Å². The Morgan fingerprint density at radius 1 is 1.32 bits per heavy atom. The van der Waals surface area contributed by atoms with Crippen molar-refractivity contribution >= 4 is 63.9 Å². The van der Waals surface area contributed by atoms with Crippen molar-refractivity contribution in [1.82, 2.24) is 4.90 Å². The summed E-state index contributed by atoms with van der Waals surface area (Å²) in [7, 11) is 0. The molecule has 9 heteroatoms. The quantitative estimate of drug-likeness (QED) is 0.600. The molecule has 0 spiro atoms. The van der Waals surface area contributed by atoms with Gasteiger partial charge >= 0.3 is 0 Å². The average Bonchev–Trinajstić information content (AvgIpc) is 2.98. The monoisotopic (exact) mass is 459 g/mol. The molecule has 2 aromatic rings. The summed E-state index contributed by atoms with van der Waals surface area (Å²) in [5.41, 5.74) is 7.10. The summed E-state index contributed by atoms with van der Waals surface area (Å²) in [5.74, 6) is -0.372. The Kier molecular flexibility index (Phi) is 8.64. The van der Waals surface area contributed by atoms with Crippen LogP contribution in [0.1, 0.15) is 34.1 Å². The number of fused-ring (bicyclic) bond motifs is 1. The summed E-state index contributed by atoms with van der Waals surface area (Å²) in [6.07, 6.45) is 1.88. The van der Waals surface area contributed by atoms with Crippen LogP contribution in [0.5, 0.6) is 0 Å². The maximum Gasteiger partial charge on any atom is 0.251 e. The second-order valence-corrected chi connectivity index (χ2v) is 8.98. The molecule has 1 aliphatic rings. The van der Waals surface area contributed by atoms with Crippen molar-refractivity contribution in [2.24, 2.45) is 5.73 Å². The van der Waals surface area contributed by atoms with Gasteiger partial charge in [0.05, 0.1) is 11.3 Å². The highest BCUT2D eigenvalue weighted by Gasteiger charge is 2.27. The number of carbonyl (C=O) groups is 2. The first-order valence-electron chi connectivity index (χ1n) is 8.82. The number of anilines is 1. The molecule has 1 aromatic carbocycles. The fourth-order valence-corrected chi connectivity index (χ4v) is 5.29. The molecule has 1 aromatic heterocycles. The first-order valence-corrected chi connectivity index (χ1v) is 11.0. The van der Waals surface area contributed by atoms with Crippen LogP contribution < -0.4 is 11.1 Å². The van der Waals surface area contributed by atoms with Gasteiger partial charge in [-0.3, -0.25) is 14.5 Å². The largest absolute Gasteiger partial charge is 0.365 e. The maximum atomic E-state index is 12.4. The summed E-state index contributed by atoms with van der Waals surface area (Å²) in [6, 6.07) is 7.34. The second kappa shape index (κ2) is 10.5. The highest BCUT2D eigenvalue weighted by Crippen LogP contribution is 2.37. The van der Waals surface area contributed by atoms with Crippen LogP contribution in [0.4, 0.5) is 5.00 Å². The van der Waals surface area contributed by atoms with E-state index in [1.165, 1.54) is 23.1 Å². The fraction of sp³-hybridized carbons (Fsp3) is 0.368. The molecule has 5 nitrogen and oxygen atoms in total. The molecule has 0 saturated carbocycles. The first kappa shape index (κ1) is 23.0. The van der Waals surface area contributed by atoms with Gasteiger partial charge in [-0.05, 0) is 49.2 Å². The molecule has 0 atom stereocenters. The predicted octanol–water partition coefficient (Wildman–Crippen LogP) is 4.42. The van der Waals surface area contributed by atoms with Crippen molar-refractivity contribution in [3.05, 3.63) is 45.3 Å².